The molecule has 1 saturated carbocycles. The average molecular weight is 392 g/mol. The van der Waals surface area contributed by atoms with Gasteiger partial charge in [-0.15, -0.1) is 0 Å². The fraction of sp³-hybridized carbons (Fsp3) is 0.500. The Morgan fingerprint density at radius 3 is 2.38 bits per heavy atom. The van der Waals surface area contributed by atoms with Crippen LogP contribution in [0.3, 0.4) is 0 Å². The number of nitrogens with zero attached hydrogens (tertiary/aromatic N) is 1. The van der Waals surface area contributed by atoms with Crippen LogP contribution in [-0.2, 0) is 5.41 Å². The number of carboxylic acid groups (broad SMARTS) is 1. The molecule has 0 bridgehead atoms. The van der Waals surface area contributed by atoms with Gasteiger partial charge in [-0.1, -0.05) is 33.8 Å². The van der Waals surface area contributed by atoms with Crippen molar-refractivity contribution in [1.82, 2.24) is 0 Å². The van der Waals surface area contributed by atoms with Crippen molar-refractivity contribution in [3.05, 3.63) is 58.7 Å². The molecule has 0 aliphatic heterocycles. The summed E-state index contributed by atoms with van der Waals surface area (Å²) >= 11 is 0. The van der Waals surface area contributed by atoms with E-state index >= 15 is 0 Å². The van der Waals surface area contributed by atoms with Crippen molar-refractivity contribution < 1.29 is 9.90 Å². The summed E-state index contributed by atoms with van der Waals surface area (Å²) < 4.78 is 0. The van der Waals surface area contributed by atoms with Crippen molar-refractivity contribution in [2.75, 3.05) is 11.4 Å². The summed E-state index contributed by atoms with van der Waals surface area (Å²) in [4.78, 5) is 13.7. The third-order valence-corrected chi connectivity index (χ3v) is 7.13. The summed E-state index contributed by atoms with van der Waals surface area (Å²) in [6, 6.07) is 12.2. The normalized spacial score (nSPS) is 22.8. The molecule has 3 heteroatoms. The van der Waals surface area contributed by atoms with Gasteiger partial charge >= 0.3 is 5.97 Å². The molecule has 2 atom stereocenters. The van der Waals surface area contributed by atoms with E-state index in [0.29, 0.717) is 17.4 Å². The Morgan fingerprint density at radius 1 is 1.14 bits per heavy atom. The van der Waals surface area contributed by atoms with Crippen LogP contribution in [0.15, 0.2) is 36.4 Å². The lowest BCUT2D eigenvalue weighted by Crippen LogP contribution is -2.31. The SMILES string of the molecule is Cc1cc2c(cc1N(CC1CC1)c1ccc(C(=O)O)cc1)C(C)(C)CC(C)C2C. The minimum atomic E-state index is -0.875. The van der Waals surface area contributed by atoms with Crippen LogP contribution in [0.5, 0.6) is 0 Å². The minimum Gasteiger partial charge on any atom is -0.478 e. The van der Waals surface area contributed by atoms with Gasteiger partial charge in [-0.25, -0.2) is 4.79 Å². The van der Waals surface area contributed by atoms with Crippen LogP contribution in [0, 0.1) is 18.8 Å². The average Bonchev–Trinajstić information content (AvgIpc) is 3.48. The maximum absolute atomic E-state index is 11.3. The molecule has 1 fully saturated rings. The quantitative estimate of drug-likeness (QED) is 0.619. The zero-order chi connectivity index (χ0) is 20.9. The maximum atomic E-state index is 11.3. The second-order valence-corrected chi connectivity index (χ2v) is 9.99. The van der Waals surface area contributed by atoms with Gasteiger partial charge in [-0.3, -0.25) is 0 Å². The van der Waals surface area contributed by atoms with Crippen molar-refractivity contribution in [2.45, 2.75) is 65.2 Å². The van der Waals surface area contributed by atoms with Crippen LogP contribution >= 0.6 is 0 Å². The van der Waals surface area contributed by atoms with E-state index in [1.807, 2.05) is 12.1 Å². The maximum Gasteiger partial charge on any atom is 0.335 e. The lowest BCUT2D eigenvalue weighted by molar-refractivity contribution is 0.0697. The molecule has 0 spiro atoms. The Kier molecular flexibility index (Phi) is 4.96. The number of carboxylic acids is 1. The van der Waals surface area contributed by atoms with Crippen LogP contribution in [0.4, 0.5) is 11.4 Å². The fourth-order valence-corrected chi connectivity index (χ4v) is 5.06. The summed E-state index contributed by atoms with van der Waals surface area (Å²) in [5.74, 6) is 1.13. The Bertz CT molecular complexity index is 924. The van der Waals surface area contributed by atoms with Gasteiger partial charge in [0, 0.05) is 17.9 Å². The molecule has 0 amide bonds. The highest BCUT2D eigenvalue weighted by atomic mass is 16.4. The first-order valence-corrected chi connectivity index (χ1v) is 10.9. The Balaban J connectivity index is 1.80. The number of anilines is 2. The van der Waals surface area contributed by atoms with Gasteiger partial charge in [-0.2, -0.15) is 0 Å². The predicted octanol–water partition coefficient (Wildman–Crippen LogP) is 6.66. The number of hydrogen-bond donors (Lipinski definition) is 1. The van der Waals surface area contributed by atoms with Crippen LogP contribution in [0.25, 0.3) is 0 Å². The van der Waals surface area contributed by atoms with E-state index in [9.17, 15) is 9.90 Å². The number of aromatic carboxylic acids is 1. The van der Waals surface area contributed by atoms with Gasteiger partial charge in [-0.05, 0) is 96.4 Å². The molecule has 1 N–H and O–H groups in total. The van der Waals surface area contributed by atoms with Crippen LogP contribution in [-0.4, -0.2) is 17.6 Å². The first kappa shape index (κ1) is 20.0. The molecule has 0 aromatic heterocycles. The lowest BCUT2D eigenvalue weighted by Gasteiger charge is -2.41. The second-order valence-electron chi connectivity index (χ2n) is 9.99. The smallest absolute Gasteiger partial charge is 0.335 e. The number of aryl methyl sites for hydroxylation is 1. The van der Waals surface area contributed by atoms with Crippen molar-refractivity contribution in [3.8, 4) is 0 Å². The Hall–Kier alpha value is -2.29. The summed E-state index contributed by atoms with van der Waals surface area (Å²) in [5, 5.41) is 9.25. The Morgan fingerprint density at radius 2 is 1.79 bits per heavy atom. The van der Waals surface area contributed by atoms with Crippen molar-refractivity contribution in [1.29, 1.82) is 0 Å². The zero-order valence-electron chi connectivity index (χ0n) is 18.3. The van der Waals surface area contributed by atoms with Gasteiger partial charge in [0.05, 0.1) is 5.56 Å². The molecule has 154 valence electrons. The van der Waals surface area contributed by atoms with E-state index in [0.717, 1.165) is 18.2 Å². The molecular formula is C26H33NO2. The summed E-state index contributed by atoms with van der Waals surface area (Å²) in [6.07, 6.45) is 3.78. The summed E-state index contributed by atoms with van der Waals surface area (Å²) in [6.45, 7) is 12.7. The monoisotopic (exact) mass is 391 g/mol. The van der Waals surface area contributed by atoms with Gasteiger partial charge in [0.15, 0.2) is 0 Å². The van der Waals surface area contributed by atoms with Crippen LogP contribution < -0.4 is 4.90 Å². The van der Waals surface area contributed by atoms with E-state index in [1.165, 1.54) is 41.6 Å². The van der Waals surface area contributed by atoms with Gasteiger partial charge < -0.3 is 10.0 Å². The molecule has 2 aromatic carbocycles. The highest BCUT2D eigenvalue weighted by Crippen LogP contribution is 2.48. The molecule has 2 aliphatic rings. The summed E-state index contributed by atoms with van der Waals surface area (Å²) in [5.41, 5.74) is 7.15. The minimum absolute atomic E-state index is 0.169. The first-order chi connectivity index (χ1) is 13.7. The molecule has 4 rings (SSSR count). The third-order valence-electron chi connectivity index (χ3n) is 7.13. The van der Waals surface area contributed by atoms with Crippen molar-refractivity contribution in [3.63, 3.8) is 0 Å². The first-order valence-electron chi connectivity index (χ1n) is 10.9. The highest BCUT2D eigenvalue weighted by Gasteiger charge is 2.36. The number of benzene rings is 2. The molecule has 2 unspecified atom stereocenters. The number of hydrogen-bond acceptors (Lipinski definition) is 2. The zero-order valence-corrected chi connectivity index (χ0v) is 18.3. The molecule has 0 radical (unpaired) electrons. The molecule has 2 aliphatic carbocycles. The lowest BCUT2D eigenvalue weighted by atomic mass is 9.64. The van der Waals surface area contributed by atoms with Gasteiger partial charge in [0.1, 0.15) is 0 Å². The van der Waals surface area contributed by atoms with Crippen molar-refractivity contribution in [2.24, 2.45) is 11.8 Å². The van der Waals surface area contributed by atoms with Gasteiger partial charge in [0.2, 0.25) is 0 Å². The van der Waals surface area contributed by atoms with Crippen LogP contribution in [0.1, 0.15) is 79.9 Å². The van der Waals surface area contributed by atoms with E-state index in [-0.39, 0.29) is 5.41 Å². The van der Waals surface area contributed by atoms with Crippen molar-refractivity contribution >= 4 is 17.3 Å². The molecular weight excluding hydrogens is 358 g/mol. The largest absolute Gasteiger partial charge is 0.478 e. The van der Waals surface area contributed by atoms with Gasteiger partial charge in [0.25, 0.3) is 0 Å². The molecule has 29 heavy (non-hydrogen) atoms. The topological polar surface area (TPSA) is 40.5 Å². The number of carbonyl (C=O) groups is 1. The molecule has 3 nitrogen and oxygen atoms in total. The summed E-state index contributed by atoms with van der Waals surface area (Å²) in [7, 11) is 0. The number of rotatable bonds is 5. The second kappa shape index (κ2) is 7.19. The standard InChI is InChI=1S/C26H33NO2/c1-16-12-22-18(3)17(2)14-26(4,5)23(22)13-24(16)27(15-19-6-7-19)21-10-8-20(9-11-21)25(28)29/h8-13,17-19H,6-7,14-15H2,1-5H3,(H,28,29). The van der Waals surface area contributed by atoms with E-state index in [1.54, 1.807) is 12.1 Å². The molecule has 2 aromatic rings. The van der Waals surface area contributed by atoms with Crippen LogP contribution in [0.2, 0.25) is 0 Å². The number of fused-ring (bicyclic) bond motifs is 1. The third kappa shape index (κ3) is 3.80. The molecule has 0 saturated heterocycles. The predicted molar refractivity (Wildman–Crippen MR) is 120 cm³/mol. The van der Waals surface area contributed by atoms with E-state index < -0.39 is 5.97 Å². The van der Waals surface area contributed by atoms with E-state index in [2.05, 4.69) is 51.7 Å². The Labute approximate surface area is 174 Å². The van der Waals surface area contributed by atoms with E-state index in [4.69, 9.17) is 0 Å². The highest BCUT2D eigenvalue weighted by molar-refractivity contribution is 5.88. The fourth-order valence-electron chi connectivity index (χ4n) is 5.06. The molecule has 0 heterocycles.